The summed E-state index contributed by atoms with van der Waals surface area (Å²) in [6, 6.07) is 9.02. The topological polar surface area (TPSA) is 21.3 Å². The van der Waals surface area contributed by atoms with Crippen LogP contribution in [0.4, 0.5) is 0 Å². The van der Waals surface area contributed by atoms with Gasteiger partial charge < -0.3 is 10.1 Å². The summed E-state index contributed by atoms with van der Waals surface area (Å²) in [4.78, 5) is 0. The van der Waals surface area contributed by atoms with Crippen LogP contribution in [0.5, 0.6) is 5.75 Å². The molecular formula is C14H23NO. The largest absolute Gasteiger partial charge is 0.491 e. The first-order valence-corrected chi connectivity index (χ1v) is 6.02. The molecule has 1 rings (SSSR count). The van der Waals surface area contributed by atoms with Crippen molar-refractivity contribution in [3.63, 3.8) is 0 Å². The molecule has 90 valence electrons. The number of rotatable bonds is 5. The van der Waals surface area contributed by atoms with Gasteiger partial charge in [-0.25, -0.2) is 0 Å². The molecule has 0 unspecified atom stereocenters. The van der Waals surface area contributed by atoms with Gasteiger partial charge >= 0.3 is 0 Å². The fourth-order valence-corrected chi connectivity index (χ4v) is 1.79. The molecule has 1 atom stereocenters. The van der Waals surface area contributed by atoms with Crippen molar-refractivity contribution >= 4 is 0 Å². The summed E-state index contributed by atoms with van der Waals surface area (Å²) >= 11 is 0. The molecule has 0 amide bonds. The van der Waals surface area contributed by atoms with Gasteiger partial charge in [-0.1, -0.05) is 32.0 Å². The van der Waals surface area contributed by atoms with Crippen LogP contribution in [0.2, 0.25) is 0 Å². The predicted molar refractivity (Wildman–Crippen MR) is 68.9 cm³/mol. The molecule has 0 fully saturated rings. The van der Waals surface area contributed by atoms with Gasteiger partial charge in [-0.15, -0.1) is 0 Å². The molecule has 0 aromatic heterocycles. The summed E-state index contributed by atoms with van der Waals surface area (Å²) in [7, 11) is 0. The highest BCUT2D eigenvalue weighted by molar-refractivity contribution is 5.35. The molecule has 1 aromatic rings. The Morgan fingerprint density at radius 1 is 1.00 bits per heavy atom. The molecule has 0 aliphatic carbocycles. The van der Waals surface area contributed by atoms with Crippen LogP contribution >= 0.6 is 0 Å². The van der Waals surface area contributed by atoms with E-state index in [-0.39, 0.29) is 6.10 Å². The lowest BCUT2D eigenvalue weighted by molar-refractivity contribution is 0.237. The quantitative estimate of drug-likeness (QED) is 0.821. The molecule has 0 heterocycles. The Kier molecular flexibility index (Phi) is 4.81. The van der Waals surface area contributed by atoms with E-state index < -0.39 is 0 Å². The van der Waals surface area contributed by atoms with Gasteiger partial charge in [0.2, 0.25) is 0 Å². The number of nitrogens with one attached hydrogen (secondary N) is 1. The average molecular weight is 221 g/mol. The van der Waals surface area contributed by atoms with E-state index in [1.165, 1.54) is 5.56 Å². The third-order valence-corrected chi connectivity index (χ3v) is 2.33. The van der Waals surface area contributed by atoms with Gasteiger partial charge in [0.05, 0.1) is 6.10 Å². The summed E-state index contributed by atoms with van der Waals surface area (Å²) in [5, 5.41) is 3.49. The first kappa shape index (κ1) is 13.0. The molecule has 0 spiro atoms. The van der Waals surface area contributed by atoms with Crippen molar-refractivity contribution in [2.24, 2.45) is 0 Å². The van der Waals surface area contributed by atoms with Crippen LogP contribution in [0, 0.1) is 0 Å². The molecule has 0 saturated carbocycles. The molecule has 16 heavy (non-hydrogen) atoms. The third kappa shape index (κ3) is 3.86. The van der Waals surface area contributed by atoms with E-state index in [0.717, 1.165) is 5.75 Å². The van der Waals surface area contributed by atoms with Crippen molar-refractivity contribution in [1.82, 2.24) is 5.32 Å². The summed E-state index contributed by atoms with van der Waals surface area (Å²) in [6.07, 6.45) is 0.215. The van der Waals surface area contributed by atoms with Crippen LogP contribution in [0.1, 0.15) is 46.2 Å². The Morgan fingerprint density at radius 3 is 2.19 bits per heavy atom. The molecule has 0 radical (unpaired) electrons. The van der Waals surface area contributed by atoms with Crippen LogP contribution in [0.25, 0.3) is 0 Å². The number of ether oxygens (including phenoxy) is 1. The van der Waals surface area contributed by atoms with E-state index in [1.807, 2.05) is 12.1 Å². The van der Waals surface area contributed by atoms with Gasteiger partial charge in [0, 0.05) is 17.6 Å². The van der Waals surface area contributed by atoms with Crippen LogP contribution in [-0.2, 0) is 0 Å². The predicted octanol–water partition coefficient (Wildman–Crippen LogP) is 3.53. The Bertz CT molecular complexity index is 320. The van der Waals surface area contributed by atoms with E-state index >= 15 is 0 Å². The van der Waals surface area contributed by atoms with Gasteiger partial charge in [-0.05, 0) is 26.8 Å². The first-order valence-electron chi connectivity index (χ1n) is 6.02. The molecule has 1 aromatic carbocycles. The van der Waals surface area contributed by atoms with Crippen molar-refractivity contribution < 1.29 is 4.74 Å². The maximum Gasteiger partial charge on any atom is 0.124 e. The maximum atomic E-state index is 5.81. The monoisotopic (exact) mass is 221 g/mol. The Hall–Kier alpha value is -1.02. The molecule has 0 aliphatic rings. The van der Waals surface area contributed by atoms with Gasteiger partial charge in [-0.3, -0.25) is 0 Å². The molecular weight excluding hydrogens is 198 g/mol. The second kappa shape index (κ2) is 5.90. The van der Waals surface area contributed by atoms with Crippen LogP contribution in [0.3, 0.4) is 0 Å². The minimum absolute atomic E-state index is 0.215. The normalized spacial score (nSPS) is 13.2. The molecule has 1 N–H and O–H groups in total. The fraction of sp³-hybridized carbons (Fsp3) is 0.571. The van der Waals surface area contributed by atoms with Crippen molar-refractivity contribution in [1.29, 1.82) is 0 Å². The van der Waals surface area contributed by atoms with E-state index in [2.05, 4.69) is 52.1 Å². The lowest BCUT2D eigenvalue weighted by atomic mass is 10.1. The van der Waals surface area contributed by atoms with Crippen molar-refractivity contribution in [3.8, 4) is 5.75 Å². The zero-order valence-corrected chi connectivity index (χ0v) is 10.9. The first-order chi connectivity index (χ1) is 7.50. The average Bonchev–Trinajstić information content (AvgIpc) is 2.16. The smallest absolute Gasteiger partial charge is 0.124 e. The Morgan fingerprint density at radius 2 is 1.62 bits per heavy atom. The molecule has 0 aliphatic heterocycles. The lowest BCUT2D eigenvalue weighted by Gasteiger charge is -2.21. The Balaban J connectivity index is 2.85. The molecule has 0 bridgehead atoms. The lowest BCUT2D eigenvalue weighted by Crippen LogP contribution is -2.26. The second-order valence-corrected chi connectivity index (χ2v) is 4.75. The van der Waals surface area contributed by atoms with E-state index in [9.17, 15) is 0 Å². The van der Waals surface area contributed by atoms with Crippen molar-refractivity contribution in [2.45, 2.75) is 52.8 Å². The molecule has 2 heteroatoms. The zero-order chi connectivity index (χ0) is 12.1. The number of hydrogen-bond donors (Lipinski definition) is 1. The summed E-state index contributed by atoms with van der Waals surface area (Å²) in [5.41, 5.74) is 1.23. The van der Waals surface area contributed by atoms with E-state index in [0.29, 0.717) is 12.1 Å². The van der Waals surface area contributed by atoms with Crippen LogP contribution in [0.15, 0.2) is 24.3 Å². The summed E-state index contributed by atoms with van der Waals surface area (Å²) in [6.45, 7) is 10.6. The summed E-state index contributed by atoms with van der Waals surface area (Å²) in [5.74, 6) is 0.984. The number of hydrogen-bond acceptors (Lipinski definition) is 2. The number of para-hydroxylation sites is 1. The highest BCUT2D eigenvalue weighted by atomic mass is 16.5. The van der Waals surface area contributed by atoms with Crippen LogP contribution in [-0.4, -0.2) is 12.1 Å². The highest BCUT2D eigenvalue weighted by Crippen LogP contribution is 2.25. The SMILES string of the molecule is CC(C)N[C@@H](C)c1ccccc1OC(C)C. The van der Waals surface area contributed by atoms with E-state index in [1.54, 1.807) is 0 Å². The highest BCUT2D eigenvalue weighted by Gasteiger charge is 2.12. The maximum absolute atomic E-state index is 5.81. The second-order valence-electron chi connectivity index (χ2n) is 4.75. The molecule has 0 saturated heterocycles. The van der Waals surface area contributed by atoms with E-state index in [4.69, 9.17) is 4.74 Å². The fourth-order valence-electron chi connectivity index (χ4n) is 1.79. The van der Waals surface area contributed by atoms with Gasteiger partial charge in [0.25, 0.3) is 0 Å². The van der Waals surface area contributed by atoms with Crippen molar-refractivity contribution in [3.05, 3.63) is 29.8 Å². The van der Waals surface area contributed by atoms with Gasteiger partial charge in [-0.2, -0.15) is 0 Å². The summed E-state index contributed by atoms with van der Waals surface area (Å²) < 4.78 is 5.81. The standard InChI is InChI=1S/C14H23NO/c1-10(2)15-12(5)13-8-6-7-9-14(13)16-11(3)4/h6-12,15H,1-5H3/t12-/m0/s1. The molecule has 2 nitrogen and oxygen atoms in total. The minimum Gasteiger partial charge on any atom is -0.491 e. The van der Waals surface area contributed by atoms with Crippen molar-refractivity contribution in [2.75, 3.05) is 0 Å². The third-order valence-electron chi connectivity index (χ3n) is 2.33. The zero-order valence-electron chi connectivity index (χ0n) is 10.9. The van der Waals surface area contributed by atoms with Gasteiger partial charge in [0.15, 0.2) is 0 Å². The number of benzene rings is 1. The Labute approximate surface area is 99.0 Å². The van der Waals surface area contributed by atoms with Crippen LogP contribution < -0.4 is 10.1 Å². The van der Waals surface area contributed by atoms with Gasteiger partial charge in [0.1, 0.15) is 5.75 Å². The minimum atomic E-state index is 0.215.